The van der Waals surface area contributed by atoms with Crippen molar-refractivity contribution < 1.29 is 14.3 Å². The molecule has 0 aromatic heterocycles. The number of hydrogen-bond acceptors (Lipinski definition) is 3. The first-order valence-corrected chi connectivity index (χ1v) is 7.56. The van der Waals surface area contributed by atoms with Crippen molar-refractivity contribution in [1.82, 2.24) is 4.90 Å². The molecule has 2 aromatic rings. The van der Waals surface area contributed by atoms with Gasteiger partial charge < -0.3 is 9.47 Å². The van der Waals surface area contributed by atoms with E-state index in [2.05, 4.69) is 0 Å². The van der Waals surface area contributed by atoms with Gasteiger partial charge in [0.15, 0.2) is 0 Å². The van der Waals surface area contributed by atoms with Crippen LogP contribution in [0.5, 0.6) is 5.75 Å². The quantitative estimate of drug-likeness (QED) is 0.803. The lowest BCUT2D eigenvalue weighted by Gasteiger charge is -2.25. The van der Waals surface area contributed by atoms with Crippen molar-refractivity contribution in [2.75, 3.05) is 13.7 Å². The van der Waals surface area contributed by atoms with E-state index in [4.69, 9.17) is 9.47 Å². The highest BCUT2D eigenvalue weighted by molar-refractivity contribution is 5.70. The molecule has 0 N–H and O–H groups in total. The summed E-state index contributed by atoms with van der Waals surface area (Å²) in [6.45, 7) is 1.04. The predicted octanol–water partition coefficient (Wildman–Crippen LogP) is 3.94. The van der Waals surface area contributed by atoms with Gasteiger partial charge in [-0.15, -0.1) is 0 Å². The maximum absolute atomic E-state index is 11.9. The molecule has 2 aromatic carbocycles. The summed E-state index contributed by atoms with van der Waals surface area (Å²) >= 11 is 0. The minimum atomic E-state index is -0.335. The fraction of sp³-hybridized carbons (Fsp3) is 0.211. The summed E-state index contributed by atoms with van der Waals surface area (Å²) in [5.74, 6) is 0.779. The number of ether oxygens (including phenoxy) is 2. The number of amides is 1. The largest absolute Gasteiger partial charge is 0.489 e. The first-order chi connectivity index (χ1) is 11.3. The first kappa shape index (κ1) is 15.2. The van der Waals surface area contributed by atoms with Crippen LogP contribution in [0.3, 0.4) is 0 Å². The second-order valence-electron chi connectivity index (χ2n) is 5.31. The van der Waals surface area contributed by atoms with Crippen molar-refractivity contribution >= 4 is 6.09 Å². The van der Waals surface area contributed by atoms with Gasteiger partial charge in [0.1, 0.15) is 12.4 Å². The Hall–Kier alpha value is -2.75. The third-order valence-corrected chi connectivity index (χ3v) is 3.84. The van der Waals surface area contributed by atoms with Gasteiger partial charge in [0, 0.05) is 12.1 Å². The van der Waals surface area contributed by atoms with Crippen LogP contribution in [0.25, 0.3) is 0 Å². The summed E-state index contributed by atoms with van der Waals surface area (Å²) in [5, 5.41) is 0. The van der Waals surface area contributed by atoms with E-state index in [1.807, 2.05) is 66.7 Å². The molecule has 0 fully saturated rings. The van der Waals surface area contributed by atoms with Crippen molar-refractivity contribution in [1.29, 1.82) is 0 Å². The van der Waals surface area contributed by atoms with Gasteiger partial charge in [0.25, 0.3) is 0 Å². The number of hydrogen-bond donors (Lipinski definition) is 0. The Balaban J connectivity index is 1.80. The van der Waals surface area contributed by atoms with Crippen LogP contribution in [-0.4, -0.2) is 24.6 Å². The number of benzene rings is 2. The number of rotatable bonds is 4. The second-order valence-corrected chi connectivity index (χ2v) is 5.31. The van der Waals surface area contributed by atoms with Crippen LogP contribution in [0.15, 0.2) is 66.7 Å². The van der Waals surface area contributed by atoms with E-state index < -0.39 is 0 Å². The molecule has 1 atom stereocenters. The van der Waals surface area contributed by atoms with Crippen molar-refractivity contribution in [3.8, 4) is 5.75 Å². The third kappa shape index (κ3) is 3.37. The molecule has 1 heterocycles. The lowest BCUT2D eigenvalue weighted by Crippen LogP contribution is -2.31. The number of methoxy groups -OCH3 is 1. The van der Waals surface area contributed by atoms with Gasteiger partial charge in [-0.25, -0.2) is 4.79 Å². The molecule has 0 radical (unpaired) electrons. The predicted molar refractivity (Wildman–Crippen MR) is 88.2 cm³/mol. The standard InChI is InChI=1S/C19H19NO3/c1-22-19(21)20-13-7-11-17(20)16-10-5-6-12-18(16)23-14-15-8-3-2-4-9-15/h2-12,17H,13-14H2,1H3. The zero-order chi connectivity index (χ0) is 16.1. The van der Waals surface area contributed by atoms with Crippen LogP contribution < -0.4 is 4.74 Å². The summed E-state index contributed by atoms with van der Waals surface area (Å²) in [7, 11) is 1.40. The Morgan fingerprint density at radius 3 is 2.65 bits per heavy atom. The van der Waals surface area contributed by atoms with Crippen LogP contribution in [-0.2, 0) is 11.3 Å². The molecule has 3 rings (SSSR count). The van der Waals surface area contributed by atoms with Crippen LogP contribution >= 0.6 is 0 Å². The highest BCUT2D eigenvalue weighted by Crippen LogP contribution is 2.34. The minimum absolute atomic E-state index is 0.158. The van der Waals surface area contributed by atoms with Crippen molar-refractivity contribution in [2.45, 2.75) is 12.6 Å². The van der Waals surface area contributed by atoms with Gasteiger partial charge >= 0.3 is 6.09 Å². The van der Waals surface area contributed by atoms with E-state index in [9.17, 15) is 4.79 Å². The van der Waals surface area contributed by atoms with Gasteiger partial charge in [-0.1, -0.05) is 60.7 Å². The van der Waals surface area contributed by atoms with Gasteiger partial charge in [0.2, 0.25) is 0 Å². The molecule has 0 spiro atoms. The molecule has 4 heteroatoms. The van der Waals surface area contributed by atoms with Gasteiger partial charge in [-0.2, -0.15) is 0 Å². The van der Waals surface area contributed by atoms with Crippen LogP contribution in [0.2, 0.25) is 0 Å². The Morgan fingerprint density at radius 2 is 1.87 bits per heavy atom. The van der Waals surface area contributed by atoms with Crippen molar-refractivity contribution in [3.63, 3.8) is 0 Å². The molecule has 0 saturated carbocycles. The summed E-state index contributed by atoms with van der Waals surface area (Å²) < 4.78 is 10.8. The monoisotopic (exact) mass is 309 g/mol. The van der Waals surface area contributed by atoms with Crippen LogP contribution in [0, 0.1) is 0 Å². The minimum Gasteiger partial charge on any atom is -0.489 e. The maximum Gasteiger partial charge on any atom is 0.410 e. The Labute approximate surface area is 135 Å². The normalized spacial score (nSPS) is 16.4. The molecule has 0 aliphatic carbocycles. The molecule has 1 aliphatic heterocycles. The average Bonchev–Trinajstić information content (AvgIpc) is 3.10. The number of carbonyl (C=O) groups excluding carboxylic acids is 1. The van der Waals surface area contributed by atoms with E-state index in [0.29, 0.717) is 13.2 Å². The van der Waals surface area contributed by atoms with Crippen molar-refractivity contribution in [2.24, 2.45) is 0 Å². The fourth-order valence-electron chi connectivity index (χ4n) is 2.69. The Kier molecular flexibility index (Phi) is 4.62. The summed E-state index contributed by atoms with van der Waals surface area (Å²) in [6.07, 6.45) is 3.63. The highest BCUT2D eigenvalue weighted by Gasteiger charge is 2.28. The van der Waals surface area contributed by atoms with E-state index in [0.717, 1.165) is 16.9 Å². The summed E-state index contributed by atoms with van der Waals surface area (Å²) in [6, 6.07) is 17.7. The summed E-state index contributed by atoms with van der Waals surface area (Å²) in [4.78, 5) is 13.6. The zero-order valence-electron chi connectivity index (χ0n) is 13.0. The molecule has 1 aliphatic rings. The maximum atomic E-state index is 11.9. The number of carbonyl (C=O) groups is 1. The van der Waals surface area contributed by atoms with E-state index in [1.54, 1.807) is 4.90 Å². The van der Waals surface area contributed by atoms with Crippen molar-refractivity contribution in [3.05, 3.63) is 77.9 Å². The van der Waals surface area contributed by atoms with E-state index in [-0.39, 0.29) is 12.1 Å². The lowest BCUT2D eigenvalue weighted by atomic mass is 10.1. The Bertz CT molecular complexity index is 697. The molecule has 0 saturated heterocycles. The highest BCUT2D eigenvalue weighted by atomic mass is 16.5. The van der Waals surface area contributed by atoms with Gasteiger partial charge in [0.05, 0.1) is 13.2 Å². The molecule has 0 bridgehead atoms. The average molecular weight is 309 g/mol. The zero-order valence-corrected chi connectivity index (χ0v) is 13.0. The first-order valence-electron chi connectivity index (χ1n) is 7.56. The van der Waals surface area contributed by atoms with Crippen LogP contribution in [0.1, 0.15) is 17.2 Å². The van der Waals surface area contributed by atoms with Gasteiger partial charge in [-0.3, -0.25) is 4.90 Å². The number of nitrogens with zero attached hydrogens (tertiary/aromatic N) is 1. The number of para-hydroxylation sites is 1. The third-order valence-electron chi connectivity index (χ3n) is 3.84. The summed E-state index contributed by atoms with van der Waals surface area (Å²) in [5.41, 5.74) is 2.07. The van der Waals surface area contributed by atoms with E-state index in [1.165, 1.54) is 7.11 Å². The molecule has 23 heavy (non-hydrogen) atoms. The van der Waals surface area contributed by atoms with Crippen LogP contribution in [0.4, 0.5) is 4.79 Å². The molecular weight excluding hydrogens is 290 g/mol. The topological polar surface area (TPSA) is 38.8 Å². The molecule has 118 valence electrons. The molecule has 1 unspecified atom stereocenters. The lowest BCUT2D eigenvalue weighted by molar-refractivity contribution is 0.121. The SMILES string of the molecule is COC(=O)N1CC=CC1c1ccccc1OCc1ccccc1. The van der Waals surface area contributed by atoms with Gasteiger partial charge in [-0.05, 0) is 11.6 Å². The Morgan fingerprint density at radius 1 is 1.13 bits per heavy atom. The molecule has 4 nitrogen and oxygen atoms in total. The fourth-order valence-corrected chi connectivity index (χ4v) is 2.69. The smallest absolute Gasteiger partial charge is 0.410 e. The molecule has 1 amide bonds. The second kappa shape index (κ2) is 7.01. The van der Waals surface area contributed by atoms with E-state index >= 15 is 0 Å². The molecular formula is C19H19NO3.